The molecule has 0 bridgehead atoms. The Bertz CT molecular complexity index is 513. The number of nitrogens with one attached hydrogen (secondary N) is 1. The lowest BCUT2D eigenvalue weighted by Gasteiger charge is -2.27. The molecule has 1 N–H and O–H groups in total. The Morgan fingerprint density at radius 3 is 2.63 bits per heavy atom. The van der Waals surface area contributed by atoms with Crippen LogP contribution in [0.15, 0.2) is 24.3 Å². The quantitative estimate of drug-likeness (QED) is 0.917. The molecule has 1 aromatic carbocycles. The standard InChI is InChI=1S/C14H21NO3S/c1-11(12-4-3-5-14(10-12)18-2)15-13-6-8-19(16,17)9-7-13/h3-5,10-11,13,15H,6-9H2,1-2H3. The summed E-state index contributed by atoms with van der Waals surface area (Å²) >= 11 is 0. The summed E-state index contributed by atoms with van der Waals surface area (Å²) in [6.07, 6.45) is 1.41. The van der Waals surface area contributed by atoms with Gasteiger partial charge < -0.3 is 10.1 Å². The summed E-state index contributed by atoms with van der Waals surface area (Å²) in [6, 6.07) is 8.43. The van der Waals surface area contributed by atoms with Gasteiger partial charge in [-0.3, -0.25) is 0 Å². The van der Waals surface area contributed by atoms with Crippen LogP contribution in [0.2, 0.25) is 0 Å². The molecule has 1 aliphatic rings. The molecule has 1 aromatic rings. The molecular formula is C14H21NO3S. The van der Waals surface area contributed by atoms with Crippen LogP contribution in [-0.2, 0) is 9.84 Å². The summed E-state index contributed by atoms with van der Waals surface area (Å²) in [5.41, 5.74) is 1.16. The molecule has 0 spiro atoms. The predicted molar refractivity (Wildman–Crippen MR) is 76.2 cm³/mol. The van der Waals surface area contributed by atoms with E-state index in [1.807, 2.05) is 18.2 Å². The summed E-state index contributed by atoms with van der Waals surface area (Å²) < 4.78 is 28.0. The Kier molecular flexibility index (Phi) is 4.47. The Balaban J connectivity index is 1.95. The van der Waals surface area contributed by atoms with Gasteiger partial charge in [0.2, 0.25) is 0 Å². The lowest BCUT2D eigenvalue weighted by Crippen LogP contribution is -2.38. The van der Waals surface area contributed by atoms with E-state index in [9.17, 15) is 8.42 Å². The molecule has 0 amide bonds. The van der Waals surface area contributed by atoms with Crippen LogP contribution in [-0.4, -0.2) is 33.1 Å². The first-order valence-corrected chi connectivity index (χ1v) is 8.43. The Morgan fingerprint density at radius 1 is 1.32 bits per heavy atom. The van der Waals surface area contributed by atoms with Gasteiger partial charge in [0, 0.05) is 12.1 Å². The highest BCUT2D eigenvalue weighted by atomic mass is 32.2. The first-order chi connectivity index (χ1) is 9.00. The van der Waals surface area contributed by atoms with Crippen molar-refractivity contribution in [1.29, 1.82) is 0 Å². The molecule has 0 radical (unpaired) electrons. The third kappa shape index (κ3) is 3.94. The molecule has 0 saturated carbocycles. The zero-order valence-corrected chi connectivity index (χ0v) is 12.2. The van der Waals surface area contributed by atoms with Gasteiger partial charge in [-0.15, -0.1) is 0 Å². The largest absolute Gasteiger partial charge is 0.497 e. The number of ether oxygens (including phenoxy) is 1. The molecule has 2 rings (SSSR count). The lowest BCUT2D eigenvalue weighted by atomic mass is 10.1. The molecule has 1 atom stereocenters. The van der Waals surface area contributed by atoms with Gasteiger partial charge in [-0.2, -0.15) is 0 Å². The number of benzene rings is 1. The fourth-order valence-electron chi connectivity index (χ4n) is 2.42. The highest BCUT2D eigenvalue weighted by Gasteiger charge is 2.24. The zero-order chi connectivity index (χ0) is 13.9. The van der Waals surface area contributed by atoms with Crippen LogP contribution >= 0.6 is 0 Å². The van der Waals surface area contributed by atoms with Crippen LogP contribution in [0, 0.1) is 0 Å². The van der Waals surface area contributed by atoms with Gasteiger partial charge in [0.05, 0.1) is 18.6 Å². The number of hydrogen-bond acceptors (Lipinski definition) is 4. The maximum Gasteiger partial charge on any atom is 0.150 e. The predicted octanol–water partition coefficient (Wildman–Crippen LogP) is 1.92. The molecule has 1 unspecified atom stereocenters. The molecule has 5 heteroatoms. The van der Waals surface area contributed by atoms with E-state index < -0.39 is 9.84 Å². The number of methoxy groups -OCH3 is 1. The van der Waals surface area contributed by atoms with Crippen LogP contribution in [0.4, 0.5) is 0 Å². The van der Waals surface area contributed by atoms with Crippen molar-refractivity contribution < 1.29 is 13.2 Å². The minimum atomic E-state index is -2.79. The second-order valence-electron chi connectivity index (χ2n) is 5.09. The number of rotatable bonds is 4. The second-order valence-corrected chi connectivity index (χ2v) is 7.39. The summed E-state index contributed by atoms with van der Waals surface area (Å²) in [5.74, 6) is 1.45. The maximum atomic E-state index is 11.4. The van der Waals surface area contributed by atoms with Crippen LogP contribution < -0.4 is 10.1 Å². The minimum Gasteiger partial charge on any atom is -0.497 e. The first-order valence-electron chi connectivity index (χ1n) is 6.60. The average molecular weight is 283 g/mol. The minimum absolute atomic E-state index is 0.195. The van der Waals surface area contributed by atoms with Crippen molar-refractivity contribution in [3.63, 3.8) is 0 Å². The van der Waals surface area contributed by atoms with E-state index in [2.05, 4.69) is 18.3 Å². The van der Waals surface area contributed by atoms with Crippen LogP contribution in [0.25, 0.3) is 0 Å². The van der Waals surface area contributed by atoms with Crippen molar-refractivity contribution in [3.05, 3.63) is 29.8 Å². The van der Waals surface area contributed by atoms with Gasteiger partial charge in [-0.05, 0) is 37.5 Å². The van der Waals surface area contributed by atoms with Crippen molar-refractivity contribution in [1.82, 2.24) is 5.32 Å². The molecule has 1 fully saturated rings. The normalized spacial score (nSPS) is 20.9. The molecule has 1 heterocycles. The molecule has 0 aliphatic carbocycles. The maximum absolute atomic E-state index is 11.4. The van der Waals surface area contributed by atoms with Crippen molar-refractivity contribution >= 4 is 9.84 Å². The van der Waals surface area contributed by atoms with Gasteiger partial charge in [-0.1, -0.05) is 12.1 Å². The second kappa shape index (κ2) is 5.92. The fraction of sp³-hybridized carbons (Fsp3) is 0.571. The summed E-state index contributed by atoms with van der Waals surface area (Å²) in [7, 11) is -1.13. The number of hydrogen-bond donors (Lipinski definition) is 1. The van der Waals surface area contributed by atoms with Crippen LogP contribution in [0.3, 0.4) is 0 Å². The van der Waals surface area contributed by atoms with E-state index in [4.69, 9.17) is 4.74 Å². The van der Waals surface area contributed by atoms with E-state index in [1.54, 1.807) is 7.11 Å². The van der Waals surface area contributed by atoms with Crippen molar-refractivity contribution in [2.45, 2.75) is 31.8 Å². The van der Waals surface area contributed by atoms with Crippen LogP contribution in [0.5, 0.6) is 5.75 Å². The zero-order valence-electron chi connectivity index (χ0n) is 11.4. The number of sulfone groups is 1. The smallest absolute Gasteiger partial charge is 0.150 e. The van der Waals surface area contributed by atoms with Gasteiger partial charge in [0.1, 0.15) is 15.6 Å². The monoisotopic (exact) mass is 283 g/mol. The van der Waals surface area contributed by atoms with Gasteiger partial charge >= 0.3 is 0 Å². The molecule has 106 valence electrons. The Morgan fingerprint density at radius 2 is 2.00 bits per heavy atom. The average Bonchev–Trinajstić information content (AvgIpc) is 2.41. The van der Waals surface area contributed by atoms with Crippen molar-refractivity contribution in [2.75, 3.05) is 18.6 Å². The molecule has 1 saturated heterocycles. The van der Waals surface area contributed by atoms with Crippen LogP contribution in [0.1, 0.15) is 31.4 Å². The van der Waals surface area contributed by atoms with E-state index in [-0.39, 0.29) is 12.1 Å². The Hall–Kier alpha value is -1.07. The summed E-state index contributed by atoms with van der Waals surface area (Å²) in [6.45, 7) is 2.10. The molecule has 1 aliphatic heterocycles. The first kappa shape index (κ1) is 14.3. The third-order valence-corrected chi connectivity index (χ3v) is 5.35. The van der Waals surface area contributed by atoms with Gasteiger partial charge in [0.25, 0.3) is 0 Å². The third-order valence-electron chi connectivity index (χ3n) is 3.63. The van der Waals surface area contributed by atoms with E-state index in [1.165, 1.54) is 0 Å². The topological polar surface area (TPSA) is 55.4 Å². The van der Waals surface area contributed by atoms with Gasteiger partial charge in [-0.25, -0.2) is 8.42 Å². The molecule has 19 heavy (non-hydrogen) atoms. The summed E-state index contributed by atoms with van der Waals surface area (Å²) in [4.78, 5) is 0. The Labute approximate surface area is 115 Å². The van der Waals surface area contributed by atoms with Gasteiger partial charge in [0.15, 0.2) is 0 Å². The molecule has 0 aromatic heterocycles. The van der Waals surface area contributed by atoms with E-state index in [0.717, 1.165) is 11.3 Å². The fourth-order valence-corrected chi connectivity index (χ4v) is 3.91. The van der Waals surface area contributed by atoms with Crippen molar-refractivity contribution in [3.8, 4) is 5.75 Å². The van der Waals surface area contributed by atoms with E-state index >= 15 is 0 Å². The highest BCUT2D eigenvalue weighted by Crippen LogP contribution is 2.21. The molecule has 4 nitrogen and oxygen atoms in total. The SMILES string of the molecule is COc1cccc(C(C)NC2CCS(=O)(=O)CC2)c1. The van der Waals surface area contributed by atoms with Crippen molar-refractivity contribution in [2.24, 2.45) is 0 Å². The molecular weight excluding hydrogens is 262 g/mol. The summed E-state index contributed by atoms with van der Waals surface area (Å²) in [5, 5.41) is 3.50. The highest BCUT2D eigenvalue weighted by molar-refractivity contribution is 7.91. The lowest BCUT2D eigenvalue weighted by molar-refractivity contribution is 0.406. The van der Waals surface area contributed by atoms with E-state index in [0.29, 0.717) is 24.3 Å².